The van der Waals surface area contributed by atoms with Crippen molar-refractivity contribution in [3.8, 4) is 0 Å². The molecule has 0 saturated carbocycles. The van der Waals surface area contributed by atoms with Crippen molar-refractivity contribution in [1.82, 2.24) is 0 Å². The molecule has 0 aliphatic carbocycles. The highest BCUT2D eigenvalue weighted by molar-refractivity contribution is 9.10. The minimum atomic E-state index is -4.20. The molecule has 0 spiro atoms. The highest BCUT2D eigenvalue weighted by Crippen LogP contribution is 2.34. The monoisotopic (exact) mass is 326 g/mol. The van der Waals surface area contributed by atoms with E-state index in [4.69, 9.17) is 0 Å². The summed E-state index contributed by atoms with van der Waals surface area (Å²) in [4.78, 5) is 11.0. The van der Waals surface area contributed by atoms with Crippen LogP contribution in [0.5, 0.6) is 0 Å². The molecule has 7 heteroatoms. The quantitative estimate of drug-likeness (QED) is 0.865. The molecule has 100 valence electrons. The molecule has 3 nitrogen and oxygen atoms in total. The fourth-order valence-corrected chi connectivity index (χ4v) is 1.59. The van der Waals surface area contributed by atoms with Crippen molar-refractivity contribution in [2.45, 2.75) is 19.0 Å². The lowest BCUT2D eigenvalue weighted by atomic mass is 10.0. The zero-order valence-corrected chi connectivity index (χ0v) is 10.9. The van der Waals surface area contributed by atoms with Crippen molar-refractivity contribution < 1.29 is 27.8 Å². The standard InChI is InChI=1S/C11H10BrF3O3/c1-2-18-10(17)11(14,15)9(16)7-4-3-6(12)5-8(7)13/h3-5,9,16H,2H2,1H3. The normalized spacial score (nSPS) is 13.2. The molecule has 1 atom stereocenters. The van der Waals surface area contributed by atoms with E-state index in [2.05, 4.69) is 20.7 Å². The van der Waals surface area contributed by atoms with E-state index in [1.165, 1.54) is 13.0 Å². The number of carbonyl (C=O) groups is 1. The van der Waals surface area contributed by atoms with Crippen LogP contribution in [0.1, 0.15) is 18.6 Å². The van der Waals surface area contributed by atoms with Crippen LogP contribution in [-0.2, 0) is 9.53 Å². The molecule has 1 unspecified atom stereocenters. The van der Waals surface area contributed by atoms with Crippen molar-refractivity contribution in [2.75, 3.05) is 6.61 Å². The first kappa shape index (κ1) is 15.0. The number of hydrogen-bond acceptors (Lipinski definition) is 3. The number of esters is 1. The molecule has 0 heterocycles. The maximum atomic E-state index is 13.5. The topological polar surface area (TPSA) is 46.5 Å². The average molecular weight is 327 g/mol. The Morgan fingerprint density at radius 1 is 1.56 bits per heavy atom. The highest BCUT2D eigenvalue weighted by atomic mass is 79.9. The second-order valence-corrected chi connectivity index (χ2v) is 4.33. The molecule has 1 N–H and O–H groups in total. The highest BCUT2D eigenvalue weighted by Gasteiger charge is 2.49. The lowest BCUT2D eigenvalue weighted by molar-refractivity contribution is -0.189. The van der Waals surface area contributed by atoms with Gasteiger partial charge in [-0.1, -0.05) is 22.0 Å². The fraction of sp³-hybridized carbons (Fsp3) is 0.364. The van der Waals surface area contributed by atoms with E-state index in [0.717, 1.165) is 12.1 Å². The van der Waals surface area contributed by atoms with Crippen LogP contribution in [0.3, 0.4) is 0 Å². The van der Waals surface area contributed by atoms with Gasteiger partial charge in [0.25, 0.3) is 0 Å². The third-order valence-corrected chi connectivity index (χ3v) is 2.64. The van der Waals surface area contributed by atoms with E-state index in [1.54, 1.807) is 0 Å². The summed E-state index contributed by atoms with van der Waals surface area (Å²) in [5.41, 5.74) is -0.670. The molecule has 1 aromatic rings. The van der Waals surface area contributed by atoms with Gasteiger partial charge in [-0.15, -0.1) is 0 Å². The summed E-state index contributed by atoms with van der Waals surface area (Å²) in [5.74, 6) is -7.13. The minimum absolute atomic E-state index is 0.260. The summed E-state index contributed by atoms with van der Waals surface area (Å²) in [6, 6.07) is 3.17. The van der Waals surface area contributed by atoms with Crippen LogP contribution in [0.4, 0.5) is 13.2 Å². The predicted molar refractivity (Wildman–Crippen MR) is 60.6 cm³/mol. The van der Waals surface area contributed by atoms with Gasteiger partial charge >= 0.3 is 11.9 Å². The summed E-state index contributed by atoms with van der Waals surface area (Å²) in [7, 11) is 0. The van der Waals surface area contributed by atoms with Crippen molar-refractivity contribution in [3.05, 3.63) is 34.1 Å². The van der Waals surface area contributed by atoms with Gasteiger partial charge in [0.15, 0.2) is 6.10 Å². The van der Waals surface area contributed by atoms with E-state index in [1.807, 2.05) is 0 Å². The van der Waals surface area contributed by atoms with Gasteiger partial charge in [0.1, 0.15) is 5.82 Å². The Hall–Kier alpha value is -1.08. The van der Waals surface area contributed by atoms with Crippen LogP contribution in [-0.4, -0.2) is 23.6 Å². The number of benzene rings is 1. The summed E-state index contributed by atoms with van der Waals surface area (Å²) in [5, 5.41) is 9.41. The average Bonchev–Trinajstić information content (AvgIpc) is 2.28. The Bertz CT molecular complexity index is 451. The first-order chi connectivity index (χ1) is 8.30. The van der Waals surface area contributed by atoms with Crippen LogP contribution < -0.4 is 0 Å². The molecule has 0 amide bonds. The van der Waals surface area contributed by atoms with Crippen molar-refractivity contribution >= 4 is 21.9 Å². The number of carbonyl (C=O) groups excluding carboxylic acids is 1. The minimum Gasteiger partial charge on any atom is -0.461 e. The first-order valence-electron chi connectivity index (χ1n) is 4.98. The molecule has 0 radical (unpaired) electrons. The number of halogens is 4. The van der Waals surface area contributed by atoms with Gasteiger partial charge in [0.05, 0.1) is 6.61 Å². The Balaban J connectivity index is 3.05. The molecular weight excluding hydrogens is 317 g/mol. The van der Waals surface area contributed by atoms with Crippen molar-refractivity contribution in [2.24, 2.45) is 0 Å². The van der Waals surface area contributed by atoms with E-state index in [0.29, 0.717) is 4.47 Å². The van der Waals surface area contributed by atoms with Gasteiger partial charge in [-0.25, -0.2) is 9.18 Å². The van der Waals surface area contributed by atoms with Crippen LogP contribution in [0, 0.1) is 5.82 Å². The Morgan fingerprint density at radius 3 is 2.67 bits per heavy atom. The lowest BCUT2D eigenvalue weighted by Gasteiger charge is -2.21. The molecule has 0 aliphatic heterocycles. The smallest absolute Gasteiger partial charge is 0.380 e. The number of aliphatic hydroxyl groups excluding tert-OH is 1. The fourth-order valence-electron chi connectivity index (χ4n) is 1.26. The molecule has 0 aliphatic rings. The van der Waals surface area contributed by atoms with Crippen LogP contribution >= 0.6 is 15.9 Å². The van der Waals surface area contributed by atoms with Gasteiger partial charge in [-0.2, -0.15) is 8.78 Å². The van der Waals surface area contributed by atoms with Gasteiger partial charge < -0.3 is 9.84 Å². The predicted octanol–water partition coefficient (Wildman–Crippen LogP) is 2.82. The van der Waals surface area contributed by atoms with E-state index < -0.39 is 29.4 Å². The molecule has 0 saturated heterocycles. The lowest BCUT2D eigenvalue weighted by Crippen LogP contribution is -2.37. The maximum Gasteiger partial charge on any atom is 0.380 e. The maximum absolute atomic E-state index is 13.5. The summed E-state index contributed by atoms with van der Waals surface area (Å²) in [6.07, 6.45) is -2.59. The third kappa shape index (κ3) is 3.02. The molecule has 18 heavy (non-hydrogen) atoms. The van der Waals surface area contributed by atoms with Gasteiger partial charge in [-0.05, 0) is 19.1 Å². The van der Waals surface area contributed by atoms with Crippen LogP contribution in [0.15, 0.2) is 22.7 Å². The Labute approximate surface area is 110 Å². The summed E-state index contributed by atoms with van der Waals surface area (Å²) in [6.45, 7) is 1.09. The number of ether oxygens (including phenoxy) is 1. The number of rotatable bonds is 4. The molecule has 1 aromatic carbocycles. The summed E-state index contributed by atoms with van der Waals surface area (Å²) >= 11 is 2.95. The molecule has 0 bridgehead atoms. The van der Waals surface area contributed by atoms with Crippen LogP contribution in [0.2, 0.25) is 0 Å². The van der Waals surface area contributed by atoms with Crippen LogP contribution in [0.25, 0.3) is 0 Å². The molecular formula is C11H10BrF3O3. The molecule has 1 rings (SSSR count). The zero-order valence-electron chi connectivity index (χ0n) is 9.29. The zero-order chi connectivity index (χ0) is 13.9. The van der Waals surface area contributed by atoms with Gasteiger partial charge in [0, 0.05) is 10.0 Å². The van der Waals surface area contributed by atoms with Gasteiger partial charge in [-0.3, -0.25) is 0 Å². The van der Waals surface area contributed by atoms with E-state index in [-0.39, 0.29) is 6.61 Å². The SMILES string of the molecule is CCOC(=O)C(F)(F)C(O)c1ccc(Br)cc1F. The van der Waals surface area contributed by atoms with Crippen molar-refractivity contribution in [3.63, 3.8) is 0 Å². The molecule has 0 aromatic heterocycles. The third-order valence-electron chi connectivity index (χ3n) is 2.15. The Kier molecular flexibility index (Phi) is 4.75. The summed E-state index contributed by atoms with van der Waals surface area (Å²) < 4.78 is 44.8. The number of alkyl halides is 2. The number of aliphatic hydroxyl groups is 1. The van der Waals surface area contributed by atoms with E-state index >= 15 is 0 Å². The Morgan fingerprint density at radius 2 is 2.17 bits per heavy atom. The van der Waals surface area contributed by atoms with Crippen molar-refractivity contribution in [1.29, 1.82) is 0 Å². The number of hydrogen-bond donors (Lipinski definition) is 1. The molecule has 0 fully saturated rings. The first-order valence-corrected chi connectivity index (χ1v) is 5.78. The second kappa shape index (κ2) is 5.71. The van der Waals surface area contributed by atoms with Gasteiger partial charge in [0.2, 0.25) is 0 Å². The second-order valence-electron chi connectivity index (χ2n) is 3.41. The van der Waals surface area contributed by atoms with E-state index in [9.17, 15) is 23.1 Å². The largest absolute Gasteiger partial charge is 0.461 e.